The zero-order valence-electron chi connectivity index (χ0n) is 48.7. The molecule has 0 aromatic carbocycles. The summed E-state index contributed by atoms with van der Waals surface area (Å²) in [5.41, 5.74) is 0. The molecule has 0 heterocycles. The first-order valence-corrected chi connectivity index (χ1v) is 32.3. The topological polar surface area (TPSA) is 155 Å². The lowest BCUT2D eigenvalue weighted by atomic mass is 10.0. The second-order valence-electron chi connectivity index (χ2n) is 20.5. The second-order valence-corrected chi connectivity index (χ2v) is 21.9. The highest BCUT2D eigenvalue weighted by molar-refractivity contribution is 7.47. The van der Waals surface area contributed by atoms with Crippen molar-refractivity contribution in [2.75, 3.05) is 26.4 Å². The van der Waals surface area contributed by atoms with Gasteiger partial charge in [-0.2, -0.15) is 0 Å². The van der Waals surface area contributed by atoms with Crippen LogP contribution in [-0.2, 0) is 42.2 Å². The Labute approximate surface area is 465 Å². The summed E-state index contributed by atoms with van der Waals surface area (Å²) in [6, 6.07) is 0. The smallest absolute Gasteiger partial charge is 0.462 e. The fourth-order valence-electron chi connectivity index (χ4n) is 8.44. The van der Waals surface area contributed by atoms with Crippen molar-refractivity contribution in [2.24, 2.45) is 0 Å². The molecule has 3 unspecified atom stereocenters. The number of phosphoric ester groups is 1. The van der Waals surface area contributed by atoms with Gasteiger partial charge in [0.1, 0.15) is 12.7 Å². The Morgan fingerprint density at radius 2 is 0.684 bits per heavy atom. The summed E-state index contributed by atoms with van der Waals surface area (Å²) in [6.07, 6.45) is 65.7. The lowest BCUT2D eigenvalue weighted by Gasteiger charge is -2.21. The summed E-state index contributed by atoms with van der Waals surface area (Å²) in [4.78, 5) is 48.6. The van der Waals surface area contributed by atoms with Crippen molar-refractivity contribution in [2.45, 2.75) is 290 Å². The molecule has 0 aliphatic heterocycles. The molecule has 76 heavy (non-hydrogen) atoms. The molecule has 0 aliphatic carbocycles. The van der Waals surface area contributed by atoms with E-state index in [0.29, 0.717) is 19.3 Å². The van der Waals surface area contributed by atoms with Crippen LogP contribution in [0.2, 0.25) is 0 Å². The number of esters is 3. The van der Waals surface area contributed by atoms with Crippen LogP contribution in [0.4, 0.5) is 0 Å². The highest BCUT2D eigenvalue weighted by Gasteiger charge is 2.28. The molecule has 0 aromatic heterocycles. The van der Waals surface area contributed by atoms with Crippen molar-refractivity contribution in [1.29, 1.82) is 0 Å². The molecule has 440 valence electrons. The van der Waals surface area contributed by atoms with Crippen molar-refractivity contribution in [3.63, 3.8) is 0 Å². The van der Waals surface area contributed by atoms with Crippen molar-refractivity contribution in [3.05, 3.63) is 72.9 Å². The quantitative estimate of drug-likeness (QED) is 0.0197. The summed E-state index contributed by atoms with van der Waals surface area (Å²) < 4.78 is 39.6. The molecule has 0 bridgehead atoms. The summed E-state index contributed by atoms with van der Waals surface area (Å²) >= 11 is 0. The fourth-order valence-corrected chi connectivity index (χ4v) is 9.22. The predicted octanol–water partition coefficient (Wildman–Crippen LogP) is 18.5. The van der Waals surface area contributed by atoms with Crippen molar-refractivity contribution in [3.8, 4) is 0 Å². The fraction of sp³-hybridized carbons (Fsp3) is 0.766. The Bertz CT molecular complexity index is 1550. The van der Waals surface area contributed by atoms with E-state index in [-0.39, 0.29) is 25.9 Å². The van der Waals surface area contributed by atoms with Gasteiger partial charge in [0.05, 0.1) is 19.8 Å². The van der Waals surface area contributed by atoms with E-state index in [2.05, 4.69) is 93.7 Å². The summed E-state index contributed by atoms with van der Waals surface area (Å²) in [6.45, 7) is 4.51. The molecule has 2 N–H and O–H groups in total. The number of ether oxygens (including phenoxy) is 3. The number of aliphatic hydroxyl groups excluding tert-OH is 1. The van der Waals surface area contributed by atoms with Crippen LogP contribution in [0.3, 0.4) is 0 Å². The lowest BCUT2D eigenvalue weighted by molar-refractivity contribution is -0.161. The minimum atomic E-state index is -4.76. The van der Waals surface area contributed by atoms with Crippen LogP contribution in [0.15, 0.2) is 72.9 Å². The number of unbranched alkanes of at least 4 members (excludes halogenated alkanes) is 28. The van der Waals surface area contributed by atoms with Gasteiger partial charge in [-0.15, -0.1) is 0 Å². The van der Waals surface area contributed by atoms with Gasteiger partial charge in [0.2, 0.25) is 0 Å². The number of carbonyl (C=O) groups is 3. The normalized spacial score (nSPS) is 13.8. The molecular weight excluding hydrogens is 976 g/mol. The monoisotopic (exact) mass is 1090 g/mol. The number of rotatable bonds is 57. The molecule has 3 atom stereocenters. The maximum absolute atomic E-state index is 12.9. The van der Waals surface area contributed by atoms with E-state index in [1.807, 2.05) is 0 Å². The summed E-state index contributed by atoms with van der Waals surface area (Å²) in [5.74, 6) is -1.50. The number of hydrogen-bond acceptors (Lipinski definition) is 10. The van der Waals surface area contributed by atoms with Crippen LogP contribution in [0, 0.1) is 0 Å². The minimum Gasteiger partial charge on any atom is -0.462 e. The number of allylic oxidation sites excluding steroid dienone is 12. The molecule has 0 saturated heterocycles. The Kier molecular flexibility index (Phi) is 55.7. The average molecular weight is 1090 g/mol. The maximum atomic E-state index is 12.9. The first-order valence-electron chi connectivity index (χ1n) is 30.8. The molecular formula is C64H113O11P. The van der Waals surface area contributed by atoms with E-state index < -0.39 is 57.8 Å². The van der Waals surface area contributed by atoms with Crippen LogP contribution < -0.4 is 0 Å². The first kappa shape index (κ1) is 72.9. The highest BCUT2D eigenvalue weighted by atomic mass is 31.2. The summed E-state index contributed by atoms with van der Waals surface area (Å²) in [7, 11) is -4.76. The van der Waals surface area contributed by atoms with Gasteiger partial charge in [-0.1, -0.05) is 241 Å². The van der Waals surface area contributed by atoms with Gasteiger partial charge >= 0.3 is 25.7 Å². The zero-order chi connectivity index (χ0) is 55.5. The molecule has 12 heteroatoms. The lowest BCUT2D eigenvalue weighted by Crippen LogP contribution is -2.30. The van der Waals surface area contributed by atoms with Gasteiger partial charge in [-0.05, 0) is 89.9 Å². The SMILES string of the molecule is CC/C=C\C/C=C\C/C=C\C/C=C\C/C=C\CCCCCC(=O)OC(COC(=O)CCCCCCCCC/C=C\CCCCCCCC)COP(=O)(O)OCC(CO)OC(=O)CCCCCCCCCCCCCCC. The third-order valence-corrected chi connectivity index (χ3v) is 14.1. The molecule has 0 aromatic rings. The van der Waals surface area contributed by atoms with Crippen LogP contribution in [0.1, 0.15) is 278 Å². The van der Waals surface area contributed by atoms with Crippen molar-refractivity contribution in [1.82, 2.24) is 0 Å². The van der Waals surface area contributed by atoms with Crippen LogP contribution in [0.25, 0.3) is 0 Å². The molecule has 0 radical (unpaired) electrons. The van der Waals surface area contributed by atoms with Gasteiger partial charge in [-0.3, -0.25) is 23.4 Å². The van der Waals surface area contributed by atoms with Gasteiger partial charge in [0.25, 0.3) is 0 Å². The molecule has 11 nitrogen and oxygen atoms in total. The van der Waals surface area contributed by atoms with Gasteiger partial charge in [0.15, 0.2) is 6.10 Å². The highest BCUT2D eigenvalue weighted by Crippen LogP contribution is 2.43. The van der Waals surface area contributed by atoms with Gasteiger partial charge < -0.3 is 24.2 Å². The van der Waals surface area contributed by atoms with E-state index in [4.69, 9.17) is 23.3 Å². The zero-order valence-corrected chi connectivity index (χ0v) is 49.6. The number of phosphoric acid groups is 1. The van der Waals surface area contributed by atoms with E-state index in [0.717, 1.165) is 96.3 Å². The largest absolute Gasteiger partial charge is 0.472 e. The number of hydrogen-bond donors (Lipinski definition) is 2. The number of carbonyl (C=O) groups excluding carboxylic acids is 3. The molecule has 0 rings (SSSR count). The van der Waals surface area contributed by atoms with E-state index in [1.54, 1.807) is 0 Å². The second kappa shape index (κ2) is 58.1. The standard InChI is InChI=1S/C64H113O11P/c1-4-7-10-13-16-19-22-25-27-29-30-32-34-37-40-43-46-49-52-55-64(68)75-61(57-71-62(66)53-50-47-44-41-38-36-33-31-28-26-23-20-17-14-11-8-5-2)59-73-76(69,70)72-58-60(56-65)74-63(67)54-51-48-45-42-39-35-24-21-18-15-12-9-6-3/h7,10,16,19,25-28,30,32,37,40,60-61,65H,4-6,8-9,11-15,17-18,20-24,29,31,33-36,38-39,41-59H2,1-3H3,(H,69,70)/b10-7-,19-16-,27-25-,28-26-,32-30-,40-37-. The molecule has 0 fully saturated rings. The molecule has 0 spiro atoms. The number of aliphatic hydroxyl groups is 1. The maximum Gasteiger partial charge on any atom is 0.472 e. The van der Waals surface area contributed by atoms with Gasteiger partial charge in [-0.25, -0.2) is 4.57 Å². The minimum absolute atomic E-state index is 0.127. The van der Waals surface area contributed by atoms with E-state index in [9.17, 15) is 28.9 Å². The van der Waals surface area contributed by atoms with Crippen LogP contribution in [-0.4, -0.2) is 66.5 Å². The van der Waals surface area contributed by atoms with Gasteiger partial charge in [0, 0.05) is 19.3 Å². The third-order valence-electron chi connectivity index (χ3n) is 13.1. The van der Waals surface area contributed by atoms with Crippen LogP contribution in [0.5, 0.6) is 0 Å². The summed E-state index contributed by atoms with van der Waals surface area (Å²) in [5, 5.41) is 9.82. The van der Waals surface area contributed by atoms with E-state index >= 15 is 0 Å². The Hall–Kier alpha value is -3.08. The average Bonchev–Trinajstić information content (AvgIpc) is 3.41. The Balaban J connectivity index is 4.77. The first-order chi connectivity index (χ1) is 37.2. The Morgan fingerprint density at radius 1 is 0.382 bits per heavy atom. The van der Waals surface area contributed by atoms with Crippen molar-refractivity contribution < 1.29 is 52.2 Å². The van der Waals surface area contributed by atoms with Crippen LogP contribution >= 0.6 is 7.82 Å². The molecule has 0 amide bonds. The Morgan fingerprint density at radius 3 is 1.08 bits per heavy atom. The van der Waals surface area contributed by atoms with E-state index in [1.165, 1.54) is 122 Å². The molecule has 0 saturated carbocycles. The predicted molar refractivity (Wildman–Crippen MR) is 316 cm³/mol. The third kappa shape index (κ3) is 55.7. The molecule has 0 aliphatic rings. The van der Waals surface area contributed by atoms with Crippen molar-refractivity contribution >= 4 is 25.7 Å².